The van der Waals surface area contributed by atoms with Crippen molar-refractivity contribution in [2.24, 2.45) is 10.9 Å². The highest BCUT2D eigenvalue weighted by molar-refractivity contribution is 6.31. The van der Waals surface area contributed by atoms with Crippen molar-refractivity contribution in [1.82, 2.24) is 10.2 Å². The molecule has 11 heteroatoms. The Bertz CT molecular complexity index is 1290. The van der Waals surface area contributed by atoms with E-state index in [-0.39, 0.29) is 18.8 Å². The molecular weight excluding hydrogens is 550 g/mol. The van der Waals surface area contributed by atoms with Gasteiger partial charge >= 0.3 is 18.0 Å². The summed E-state index contributed by atoms with van der Waals surface area (Å²) in [6.45, 7) is 5.07. The van der Waals surface area contributed by atoms with Crippen molar-refractivity contribution in [1.29, 1.82) is 0 Å². The molecule has 1 aliphatic rings. The molecule has 1 heterocycles. The van der Waals surface area contributed by atoms with E-state index in [0.29, 0.717) is 47.4 Å². The van der Waals surface area contributed by atoms with Crippen LogP contribution < -0.4 is 10.1 Å². The number of carbonyl (C=O) groups is 3. The number of methoxy groups -OCH3 is 1. The lowest BCUT2D eigenvalue weighted by molar-refractivity contribution is -0.144. The van der Waals surface area contributed by atoms with Crippen LogP contribution in [0.3, 0.4) is 0 Å². The van der Waals surface area contributed by atoms with Gasteiger partial charge in [0, 0.05) is 43.8 Å². The van der Waals surface area contributed by atoms with E-state index in [1.807, 2.05) is 12.1 Å². The first-order chi connectivity index (χ1) is 19.7. The second-order valence-corrected chi connectivity index (χ2v) is 9.88. The summed E-state index contributed by atoms with van der Waals surface area (Å²) < 4.78 is 21.6. The van der Waals surface area contributed by atoms with Gasteiger partial charge < -0.3 is 29.2 Å². The molecule has 0 aliphatic carbocycles. The normalized spacial score (nSPS) is 16.6. The maximum absolute atomic E-state index is 13.2. The maximum Gasteiger partial charge on any atom is 0.414 e. The molecule has 0 aromatic heterocycles. The van der Waals surface area contributed by atoms with E-state index in [0.717, 1.165) is 5.56 Å². The van der Waals surface area contributed by atoms with E-state index >= 15 is 0 Å². The van der Waals surface area contributed by atoms with Crippen molar-refractivity contribution in [3.05, 3.63) is 76.0 Å². The number of benzene rings is 2. The minimum absolute atomic E-state index is 0.0357. The number of nitrogens with zero attached hydrogens (tertiary/aromatic N) is 2. The minimum Gasteiger partial charge on any atom is -0.468 e. The van der Waals surface area contributed by atoms with Gasteiger partial charge in [0.2, 0.25) is 0 Å². The first-order valence-corrected chi connectivity index (χ1v) is 13.6. The van der Waals surface area contributed by atoms with Crippen molar-refractivity contribution in [2.45, 2.75) is 26.3 Å². The molecule has 2 atom stereocenters. The van der Waals surface area contributed by atoms with Crippen LogP contribution in [0.2, 0.25) is 5.02 Å². The fourth-order valence-corrected chi connectivity index (χ4v) is 4.66. The molecule has 2 aromatic carbocycles. The molecular formula is C30H36ClN3O7. The Morgan fingerprint density at radius 3 is 2.41 bits per heavy atom. The zero-order valence-corrected chi connectivity index (χ0v) is 24.7. The van der Waals surface area contributed by atoms with Crippen molar-refractivity contribution in [2.75, 3.05) is 47.6 Å². The summed E-state index contributed by atoms with van der Waals surface area (Å²) in [5.41, 5.74) is 2.71. The molecule has 0 fully saturated rings. The fourth-order valence-electron chi connectivity index (χ4n) is 4.40. The summed E-state index contributed by atoms with van der Waals surface area (Å²) in [6.07, 6.45) is -0.439. The smallest absolute Gasteiger partial charge is 0.414 e. The number of rotatable bonds is 12. The van der Waals surface area contributed by atoms with Gasteiger partial charge in [-0.25, -0.2) is 9.59 Å². The Morgan fingerprint density at radius 2 is 1.78 bits per heavy atom. The SMILES string of the molecule is CCOC(=O)C1=C(COCCNCc2ccc(OC(=O)N(C)C)cc2)N=C(C)C(C(=O)OC)C1c1ccccc1Cl. The van der Waals surface area contributed by atoms with Gasteiger partial charge in [0.1, 0.15) is 11.7 Å². The average Bonchev–Trinajstić information content (AvgIpc) is 2.95. The third-order valence-corrected chi connectivity index (χ3v) is 6.74. The van der Waals surface area contributed by atoms with Gasteiger partial charge in [-0.3, -0.25) is 9.79 Å². The summed E-state index contributed by atoms with van der Waals surface area (Å²) >= 11 is 6.54. The number of hydrogen-bond donors (Lipinski definition) is 1. The van der Waals surface area contributed by atoms with Crippen LogP contribution in [0.5, 0.6) is 5.75 Å². The third kappa shape index (κ3) is 8.39. The van der Waals surface area contributed by atoms with Gasteiger partial charge in [-0.05, 0) is 43.2 Å². The quantitative estimate of drug-likeness (QED) is 0.288. The zero-order valence-electron chi connectivity index (χ0n) is 23.9. The number of halogens is 1. The summed E-state index contributed by atoms with van der Waals surface area (Å²) in [5, 5.41) is 3.70. The second-order valence-electron chi connectivity index (χ2n) is 9.47. The summed E-state index contributed by atoms with van der Waals surface area (Å²) in [5.74, 6) is -2.23. The molecule has 1 aliphatic heterocycles. The molecule has 0 saturated heterocycles. The molecule has 2 aromatic rings. The zero-order chi connectivity index (χ0) is 29.9. The van der Waals surface area contributed by atoms with Crippen LogP contribution in [-0.4, -0.2) is 76.2 Å². The van der Waals surface area contributed by atoms with E-state index in [1.54, 1.807) is 64.3 Å². The summed E-state index contributed by atoms with van der Waals surface area (Å²) in [6, 6.07) is 14.3. The maximum atomic E-state index is 13.2. The molecule has 1 amide bonds. The van der Waals surface area contributed by atoms with Crippen LogP contribution in [-0.2, 0) is 30.3 Å². The van der Waals surface area contributed by atoms with E-state index in [1.165, 1.54) is 12.0 Å². The molecule has 0 radical (unpaired) electrons. The Morgan fingerprint density at radius 1 is 1.07 bits per heavy atom. The number of ether oxygens (including phenoxy) is 4. The predicted octanol–water partition coefficient (Wildman–Crippen LogP) is 4.37. The summed E-state index contributed by atoms with van der Waals surface area (Å²) in [4.78, 5) is 43.7. The average molecular weight is 586 g/mol. The molecule has 41 heavy (non-hydrogen) atoms. The number of aliphatic imine (C=N–C) groups is 1. The fraction of sp³-hybridized carbons (Fsp3) is 0.400. The third-order valence-electron chi connectivity index (χ3n) is 6.39. The molecule has 0 bridgehead atoms. The van der Waals surface area contributed by atoms with Gasteiger partial charge in [-0.1, -0.05) is 41.9 Å². The number of hydrogen-bond acceptors (Lipinski definition) is 9. The molecule has 1 N–H and O–H groups in total. The lowest BCUT2D eigenvalue weighted by Crippen LogP contribution is -2.37. The van der Waals surface area contributed by atoms with Crippen LogP contribution in [0, 0.1) is 5.92 Å². The standard InChI is InChI=1S/C30H36ClN3O7/c1-6-40-29(36)27-24(33-19(2)25(28(35)38-5)26(27)22-9-7-8-10-23(22)31)18-39-16-15-32-17-20-11-13-21(14-12-20)41-30(37)34(3)4/h7-14,25-26,32H,6,15-18H2,1-5H3. The molecule has 220 valence electrons. The molecule has 0 saturated carbocycles. The Hall–Kier alpha value is -3.73. The number of carbonyl (C=O) groups excluding carboxylic acids is 3. The van der Waals surface area contributed by atoms with Gasteiger partial charge in [-0.15, -0.1) is 0 Å². The Labute approximate surface area is 245 Å². The monoisotopic (exact) mass is 585 g/mol. The highest BCUT2D eigenvalue weighted by atomic mass is 35.5. The van der Waals surface area contributed by atoms with Crippen LogP contribution in [0.15, 0.2) is 64.8 Å². The minimum atomic E-state index is -0.845. The van der Waals surface area contributed by atoms with Crippen LogP contribution >= 0.6 is 11.6 Å². The largest absolute Gasteiger partial charge is 0.468 e. The lowest BCUT2D eigenvalue weighted by Gasteiger charge is -2.32. The first-order valence-electron chi connectivity index (χ1n) is 13.2. The van der Waals surface area contributed by atoms with Crippen LogP contribution in [0.25, 0.3) is 0 Å². The molecule has 2 unspecified atom stereocenters. The number of amides is 1. The van der Waals surface area contributed by atoms with Crippen LogP contribution in [0.1, 0.15) is 30.9 Å². The van der Waals surface area contributed by atoms with Crippen LogP contribution in [0.4, 0.5) is 4.79 Å². The van der Waals surface area contributed by atoms with Gasteiger partial charge in [0.25, 0.3) is 0 Å². The van der Waals surface area contributed by atoms with E-state index < -0.39 is 29.9 Å². The summed E-state index contributed by atoms with van der Waals surface area (Å²) in [7, 11) is 4.54. The first kappa shape index (κ1) is 31.8. The van der Waals surface area contributed by atoms with Gasteiger partial charge in [0.15, 0.2) is 0 Å². The number of esters is 2. The number of nitrogens with one attached hydrogen (secondary N) is 1. The molecule has 3 rings (SSSR count). The highest BCUT2D eigenvalue weighted by Gasteiger charge is 2.43. The van der Waals surface area contributed by atoms with E-state index in [9.17, 15) is 14.4 Å². The van der Waals surface area contributed by atoms with Gasteiger partial charge in [0.05, 0.1) is 38.2 Å². The molecule has 0 spiro atoms. The van der Waals surface area contributed by atoms with Crippen molar-refractivity contribution >= 4 is 35.3 Å². The highest BCUT2D eigenvalue weighted by Crippen LogP contribution is 2.42. The topological polar surface area (TPSA) is 116 Å². The van der Waals surface area contributed by atoms with Gasteiger partial charge in [-0.2, -0.15) is 0 Å². The Kier molecular flexibility index (Phi) is 11.9. The predicted molar refractivity (Wildman–Crippen MR) is 155 cm³/mol. The van der Waals surface area contributed by atoms with E-state index in [4.69, 9.17) is 30.5 Å². The van der Waals surface area contributed by atoms with Crippen molar-refractivity contribution < 1.29 is 33.3 Å². The lowest BCUT2D eigenvalue weighted by atomic mass is 9.75. The molecule has 10 nitrogen and oxygen atoms in total. The van der Waals surface area contributed by atoms with Crippen molar-refractivity contribution in [3.8, 4) is 5.75 Å². The van der Waals surface area contributed by atoms with E-state index in [2.05, 4.69) is 10.3 Å². The Balaban J connectivity index is 1.69. The van der Waals surface area contributed by atoms with Crippen molar-refractivity contribution in [3.63, 3.8) is 0 Å². The second kappa shape index (κ2) is 15.3.